The predicted molar refractivity (Wildman–Crippen MR) is 73.8 cm³/mol. The van der Waals surface area contributed by atoms with Gasteiger partial charge in [0.25, 0.3) is 0 Å². The van der Waals surface area contributed by atoms with Gasteiger partial charge in [-0.3, -0.25) is 0 Å². The molecular weight excluding hydrogens is 240 g/mol. The van der Waals surface area contributed by atoms with Crippen molar-refractivity contribution in [2.24, 2.45) is 0 Å². The number of carbonyl (C=O) groups excluding carboxylic acids is 1. The van der Waals surface area contributed by atoms with E-state index < -0.39 is 5.60 Å². The van der Waals surface area contributed by atoms with Crippen molar-refractivity contribution in [2.75, 3.05) is 6.61 Å². The fourth-order valence-electron chi connectivity index (χ4n) is 2.22. The quantitative estimate of drug-likeness (QED) is 0.428. The lowest BCUT2D eigenvalue weighted by molar-refractivity contribution is -0.149. The van der Waals surface area contributed by atoms with E-state index in [-0.39, 0.29) is 12.1 Å². The Hall–Kier alpha value is -1.35. The van der Waals surface area contributed by atoms with E-state index in [1.165, 1.54) is 12.8 Å². The van der Waals surface area contributed by atoms with Crippen molar-refractivity contribution in [1.29, 1.82) is 0 Å². The zero-order valence-corrected chi connectivity index (χ0v) is 11.7. The van der Waals surface area contributed by atoms with Crippen LogP contribution in [0.15, 0.2) is 30.3 Å². The SMILES string of the molecule is CCCCCCOC(=O)[C@@]1(C)O[C@@H]1c1ccccc1. The van der Waals surface area contributed by atoms with Crippen LogP contribution in [0.2, 0.25) is 0 Å². The lowest BCUT2D eigenvalue weighted by atomic mass is 10.0. The second-order valence-electron chi connectivity index (χ2n) is 5.21. The highest BCUT2D eigenvalue weighted by Gasteiger charge is 2.60. The van der Waals surface area contributed by atoms with Crippen molar-refractivity contribution < 1.29 is 14.3 Å². The van der Waals surface area contributed by atoms with Crippen LogP contribution in [-0.2, 0) is 14.3 Å². The number of benzene rings is 1. The second kappa shape index (κ2) is 6.20. The van der Waals surface area contributed by atoms with Gasteiger partial charge in [-0.05, 0) is 18.9 Å². The Balaban J connectivity index is 1.78. The number of ether oxygens (including phenoxy) is 2. The van der Waals surface area contributed by atoms with Crippen LogP contribution in [-0.4, -0.2) is 18.2 Å². The van der Waals surface area contributed by atoms with Gasteiger partial charge in [-0.15, -0.1) is 0 Å². The minimum absolute atomic E-state index is 0.156. The van der Waals surface area contributed by atoms with E-state index in [0.29, 0.717) is 6.61 Å². The first kappa shape index (κ1) is 14.1. The van der Waals surface area contributed by atoms with Gasteiger partial charge in [0.05, 0.1) is 6.61 Å². The minimum Gasteiger partial charge on any atom is -0.463 e. The highest BCUT2D eigenvalue weighted by atomic mass is 16.7. The zero-order chi connectivity index (χ0) is 13.7. The van der Waals surface area contributed by atoms with Gasteiger partial charge in [0.15, 0.2) is 5.60 Å². The molecule has 1 aliphatic rings. The molecule has 1 heterocycles. The molecule has 3 nitrogen and oxygen atoms in total. The summed E-state index contributed by atoms with van der Waals surface area (Å²) in [6.45, 7) is 4.47. The van der Waals surface area contributed by atoms with Gasteiger partial charge in [-0.2, -0.15) is 0 Å². The van der Waals surface area contributed by atoms with Crippen LogP contribution < -0.4 is 0 Å². The van der Waals surface area contributed by atoms with Gasteiger partial charge in [-0.1, -0.05) is 56.5 Å². The number of epoxide rings is 1. The van der Waals surface area contributed by atoms with Crippen molar-refractivity contribution in [3.05, 3.63) is 35.9 Å². The van der Waals surface area contributed by atoms with Crippen LogP contribution in [0.5, 0.6) is 0 Å². The molecule has 1 fully saturated rings. The summed E-state index contributed by atoms with van der Waals surface area (Å²) < 4.78 is 10.9. The summed E-state index contributed by atoms with van der Waals surface area (Å²) in [6.07, 6.45) is 4.27. The van der Waals surface area contributed by atoms with Gasteiger partial charge < -0.3 is 9.47 Å². The summed E-state index contributed by atoms with van der Waals surface area (Å²) in [5.74, 6) is -0.238. The molecule has 0 aromatic heterocycles. The van der Waals surface area contributed by atoms with Crippen LogP contribution in [0.25, 0.3) is 0 Å². The van der Waals surface area contributed by atoms with Gasteiger partial charge in [0.1, 0.15) is 6.10 Å². The Labute approximate surface area is 114 Å². The average Bonchev–Trinajstić information content (AvgIpc) is 3.13. The summed E-state index contributed by atoms with van der Waals surface area (Å²) in [5, 5.41) is 0. The first-order valence-corrected chi connectivity index (χ1v) is 7.08. The molecule has 0 spiro atoms. The maximum atomic E-state index is 12.0. The van der Waals surface area contributed by atoms with E-state index >= 15 is 0 Å². The largest absolute Gasteiger partial charge is 0.463 e. The molecule has 0 unspecified atom stereocenters. The normalized spacial score (nSPS) is 25.1. The molecular formula is C16H22O3. The molecule has 1 saturated heterocycles. The van der Waals surface area contributed by atoms with Crippen LogP contribution in [0.3, 0.4) is 0 Å². The number of hydrogen-bond donors (Lipinski definition) is 0. The Bertz CT molecular complexity index is 415. The number of unbranched alkanes of at least 4 members (excludes halogenated alkanes) is 3. The van der Waals surface area contributed by atoms with Crippen molar-refractivity contribution in [3.8, 4) is 0 Å². The highest BCUT2D eigenvalue weighted by Crippen LogP contribution is 2.50. The molecule has 19 heavy (non-hydrogen) atoms. The molecule has 2 rings (SSSR count). The zero-order valence-electron chi connectivity index (χ0n) is 11.7. The average molecular weight is 262 g/mol. The fourth-order valence-corrected chi connectivity index (χ4v) is 2.22. The summed E-state index contributed by atoms with van der Waals surface area (Å²) in [4.78, 5) is 12.0. The van der Waals surface area contributed by atoms with Crippen molar-refractivity contribution in [2.45, 2.75) is 51.2 Å². The molecule has 1 aliphatic heterocycles. The van der Waals surface area contributed by atoms with E-state index in [0.717, 1.165) is 18.4 Å². The molecule has 1 aromatic carbocycles. The van der Waals surface area contributed by atoms with Crippen molar-refractivity contribution >= 4 is 5.97 Å². The lowest BCUT2D eigenvalue weighted by Crippen LogP contribution is -2.24. The van der Waals surface area contributed by atoms with E-state index in [9.17, 15) is 4.79 Å². The topological polar surface area (TPSA) is 38.8 Å². The van der Waals surface area contributed by atoms with Crippen molar-refractivity contribution in [3.63, 3.8) is 0 Å². The third-order valence-electron chi connectivity index (χ3n) is 3.54. The number of esters is 1. The van der Waals surface area contributed by atoms with E-state index in [1.807, 2.05) is 30.3 Å². The molecule has 0 amide bonds. The summed E-state index contributed by atoms with van der Waals surface area (Å²) in [5.41, 5.74) is 0.250. The van der Waals surface area contributed by atoms with Crippen LogP contribution in [0.1, 0.15) is 51.2 Å². The second-order valence-corrected chi connectivity index (χ2v) is 5.21. The molecule has 104 valence electrons. The van der Waals surface area contributed by atoms with Gasteiger partial charge in [0, 0.05) is 0 Å². The highest BCUT2D eigenvalue weighted by molar-refractivity contribution is 5.83. The molecule has 1 aromatic rings. The third kappa shape index (κ3) is 3.35. The standard InChI is InChI=1S/C16H22O3/c1-3-4-5-9-12-18-15(17)16(2)14(19-16)13-10-7-6-8-11-13/h6-8,10-11,14H,3-5,9,12H2,1-2H3/t14-,16+/m1/s1. The maximum absolute atomic E-state index is 12.0. The Morgan fingerprint density at radius 1 is 1.26 bits per heavy atom. The molecule has 2 atom stereocenters. The number of hydrogen-bond acceptors (Lipinski definition) is 3. The fraction of sp³-hybridized carbons (Fsp3) is 0.562. The molecule has 3 heteroatoms. The Morgan fingerprint density at radius 2 is 2.00 bits per heavy atom. The molecule has 0 aliphatic carbocycles. The van der Waals surface area contributed by atoms with E-state index in [2.05, 4.69) is 6.92 Å². The minimum atomic E-state index is -0.786. The molecule has 0 saturated carbocycles. The van der Waals surface area contributed by atoms with Crippen LogP contribution >= 0.6 is 0 Å². The summed E-state index contributed by atoms with van der Waals surface area (Å²) in [6, 6.07) is 9.81. The van der Waals surface area contributed by atoms with E-state index in [1.54, 1.807) is 6.92 Å². The first-order valence-electron chi connectivity index (χ1n) is 7.08. The van der Waals surface area contributed by atoms with Crippen molar-refractivity contribution in [1.82, 2.24) is 0 Å². The van der Waals surface area contributed by atoms with Gasteiger partial charge in [0.2, 0.25) is 0 Å². The number of rotatable bonds is 7. The Morgan fingerprint density at radius 3 is 2.68 bits per heavy atom. The molecule has 0 radical (unpaired) electrons. The monoisotopic (exact) mass is 262 g/mol. The van der Waals surface area contributed by atoms with E-state index in [4.69, 9.17) is 9.47 Å². The van der Waals surface area contributed by atoms with Gasteiger partial charge in [-0.25, -0.2) is 4.79 Å². The predicted octanol–water partition coefficient (Wildman–Crippen LogP) is 3.64. The Kier molecular flexibility index (Phi) is 4.59. The molecule has 0 bridgehead atoms. The first-order chi connectivity index (χ1) is 9.18. The lowest BCUT2D eigenvalue weighted by Gasteiger charge is -2.08. The van der Waals surface area contributed by atoms with Gasteiger partial charge >= 0.3 is 5.97 Å². The maximum Gasteiger partial charge on any atom is 0.341 e. The van der Waals surface area contributed by atoms with Crippen LogP contribution in [0.4, 0.5) is 0 Å². The number of carbonyl (C=O) groups is 1. The summed E-state index contributed by atoms with van der Waals surface area (Å²) >= 11 is 0. The summed E-state index contributed by atoms with van der Waals surface area (Å²) in [7, 11) is 0. The smallest absolute Gasteiger partial charge is 0.341 e. The molecule has 0 N–H and O–H groups in total. The third-order valence-corrected chi connectivity index (χ3v) is 3.54. The van der Waals surface area contributed by atoms with Crippen LogP contribution in [0, 0.1) is 0 Å².